The van der Waals surface area contributed by atoms with Crippen molar-refractivity contribution < 1.29 is 13.9 Å². The summed E-state index contributed by atoms with van der Waals surface area (Å²) >= 11 is 0. The first-order valence-electron chi connectivity index (χ1n) is 8.58. The zero-order chi connectivity index (χ0) is 19.4. The minimum Gasteiger partial charge on any atom is -0.494 e. The van der Waals surface area contributed by atoms with E-state index >= 15 is 0 Å². The number of rotatable bonds is 6. The van der Waals surface area contributed by atoms with Gasteiger partial charge in [0.15, 0.2) is 17.4 Å². The lowest BCUT2D eigenvalue weighted by Crippen LogP contribution is -2.26. The zero-order valence-electron chi connectivity index (χ0n) is 15.5. The van der Waals surface area contributed by atoms with E-state index in [0.29, 0.717) is 35.7 Å². The molecule has 2 N–H and O–H groups in total. The highest BCUT2D eigenvalue weighted by molar-refractivity contribution is 5.95. The number of hydrogen-bond donors (Lipinski definition) is 2. The topological polar surface area (TPSA) is 79.9 Å². The van der Waals surface area contributed by atoms with Gasteiger partial charge in [-0.15, -0.1) is 0 Å². The summed E-state index contributed by atoms with van der Waals surface area (Å²) in [5.41, 5.74) is 3.19. The van der Waals surface area contributed by atoms with Gasteiger partial charge in [-0.1, -0.05) is 17.7 Å². The van der Waals surface area contributed by atoms with Gasteiger partial charge in [-0.05, 0) is 43.7 Å². The van der Waals surface area contributed by atoms with Crippen LogP contribution in [0, 0.1) is 19.7 Å². The third kappa shape index (κ3) is 4.31. The molecule has 3 aromatic rings. The van der Waals surface area contributed by atoms with Crippen LogP contribution in [-0.2, 0) is 6.42 Å². The molecular weight excluding hydrogens is 347 g/mol. The number of halogens is 1. The van der Waals surface area contributed by atoms with E-state index in [1.165, 1.54) is 19.2 Å². The molecule has 0 aliphatic rings. The fourth-order valence-corrected chi connectivity index (χ4v) is 2.71. The van der Waals surface area contributed by atoms with E-state index in [2.05, 4.69) is 20.5 Å². The predicted molar refractivity (Wildman–Crippen MR) is 100 cm³/mol. The molecule has 0 bridgehead atoms. The van der Waals surface area contributed by atoms with Gasteiger partial charge >= 0.3 is 0 Å². The van der Waals surface area contributed by atoms with Gasteiger partial charge < -0.3 is 10.1 Å². The van der Waals surface area contributed by atoms with E-state index in [4.69, 9.17) is 4.74 Å². The Kier molecular flexibility index (Phi) is 5.49. The molecule has 0 radical (unpaired) electrons. The molecule has 0 saturated heterocycles. The maximum atomic E-state index is 13.8. The number of hydrogen-bond acceptors (Lipinski definition) is 4. The van der Waals surface area contributed by atoms with Crippen molar-refractivity contribution in [2.75, 3.05) is 13.7 Å². The van der Waals surface area contributed by atoms with E-state index in [9.17, 15) is 9.18 Å². The monoisotopic (exact) mass is 368 g/mol. The second-order valence-electron chi connectivity index (χ2n) is 6.28. The van der Waals surface area contributed by atoms with Gasteiger partial charge in [-0.2, -0.15) is 5.10 Å². The van der Waals surface area contributed by atoms with E-state index in [1.807, 2.05) is 32.0 Å². The molecule has 0 fully saturated rings. The Bertz CT molecular complexity index is 968. The molecule has 140 valence electrons. The van der Waals surface area contributed by atoms with Crippen molar-refractivity contribution in [3.05, 3.63) is 64.7 Å². The summed E-state index contributed by atoms with van der Waals surface area (Å²) in [5, 5.41) is 9.81. The maximum Gasteiger partial charge on any atom is 0.251 e. The number of carbonyl (C=O) groups is 1. The van der Waals surface area contributed by atoms with Crippen molar-refractivity contribution in [2.45, 2.75) is 20.3 Å². The lowest BCUT2D eigenvalue weighted by Gasteiger charge is -2.07. The number of aromatic amines is 1. The second kappa shape index (κ2) is 7.99. The first-order chi connectivity index (χ1) is 13.0. The summed E-state index contributed by atoms with van der Waals surface area (Å²) in [6, 6.07) is 10.3. The van der Waals surface area contributed by atoms with Crippen molar-refractivity contribution >= 4 is 5.91 Å². The second-order valence-corrected chi connectivity index (χ2v) is 6.28. The zero-order valence-corrected chi connectivity index (χ0v) is 15.5. The van der Waals surface area contributed by atoms with E-state index in [1.54, 1.807) is 6.07 Å². The smallest absolute Gasteiger partial charge is 0.251 e. The molecule has 27 heavy (non-hydrogen) atoms. The van der Waals surface area contributed by atoms with E-state index in [-0.39, 0.29) is 11.7 Å². The lowest BCUT2D eigenvalue weighted by atomic mass is 10.1. The van der Waals surface area contributed by atoms with Gasteiger partial charge in [-0.25, -0.2) is 9.37 Å². The number of benzene rings is 2. The summed E-state index contributed by atoms with van der Waals surface area (Å²) in [6.45, 7) is 4.27. The van der Waals surface area contributed by atoms with Gasteiger partial charge in [0.1, 0.15) is 5.82 Å². The Morgan fingerprint density at radius 3 is 2.78 bits per heavy atom. The molecule has 0 aliphatic heterocycles. The van der Waals surface area contributed by atoms with Crippen LogP contribution < -0.4 is 10.1 Å². The first-order valence-corrected chi connectivity index (χ1v) is 8.58. The highest BCUT2D eigenvalue weighted by Gasteiger charge is 2.11. The van der Waals surface area contributed by atoms with Crippen LogP contribution in [0.25, 0.3) is 11.4 Å². The molecule has 7 heteroatoms. The molecule has 0 spiro atoms. The number of H-pyrrole nitrogens is 1. The van der Waals surface area contributed by atoms with Crippen LogP contribution in [0.1, 0.15) is 27.3 Å². The molecule has 0 saturated carbocycles. The molecule has 1 aromatic heterocycles. The number of methoxy groups -OCH3 is 1. The number of amides is 1. The average Bonchev–Trinajstić information content (AvgIpc) is 3.12. The van der Waals surface area contributed by atoms with E-state index < -0.39 is 5.82 Å². The van der Waals surface area contributed by atoms with Crippen LogP contribution >= 0.6 is 0 Å². The molecule has 1 amide bonds. The highest BCUT2D eigenvalue weighted by Crippen LogP contribution is 2.23. The molecule has 0 aliphatic carbocycles. The molecule has 2 aromatic carbocycles. The fraction of sp³-hybridized carbons (Fsp3) is 0.250. The third-order valence-electron chi connectivity index (χ3n) is 4.23. The molecular formula is C20H21FN4O2. The quantitative estimate of drug-likeness (QED) is 0.700. The average molecular weight is 368 g/mol. The van der Waals surface area contributed by atoms with Crippen LogP contribution in [0.2, 0.25) is 0 Å². The molecule has 3 rings (SSSR count). The van der Waals surface area contributed by atoms with Gasteiger partial charge in [0, 0.05) is 24.1 Å². The number of nitrogens with one attached hydrogen (secondary N) is 2. The van der Waals surface area contributed by atoms with Crippen molar-refractivity contribution in [3.63, 3.8) is 0 Å². The van der Waals surface area contributed by atoms with Crippen molar-refractivity contribution in [1.82, 2.24) is 20.5 Å². The van der Waals surface area contributed by atoms with Gasteiger partial charge in [0.05, 0.1) is 7.11 Å². The summed E-state index contributed by atoms with van der Waals surface area (Å²) in [7, 11) is 1.41. The number of aromatic nitrogens is 3. The van der Waals surface area contributed by atoms with Gasteiger partial charge in [0.2, 0.25) is 0 Å². The maximum absolute atomic E-state index is 13.8. The van der Waals surface area contributed by atoms with E-state index in [0.717, 1.165) is 11.1 Å². The number of ether oxygens (including phenoxy) is 1. The van der Waals surface area contributed by atoms with Crippen LogP contribution in [-0.4, -0.2) is 34.7 Å². The van der Waals surface area contributed by atoms with Crippen LogP contribution in [0.15, 0.2) is 36.4 Å². The van der Waals surface area contributed by atoms with Crippen LogP contribution in [0.4, 0.5) is 4.39 Å². The molecule has 1 heterocycles. The van der Waals surface area contributed by atoms with Crippen molar-refractivity contribution in [2.24, 2.45) is 0 Å². The number of carbonyl (C=O) groups excluding carboxylic acids is 1. The van der Waals surface area contributed by atoms with Crippen molar-refractivity contribution in [1.29, 1.82) is 0 Å². The Labute approximate surface area is 156 Å². The summed E-state index contributed by atoms with van der Waals surface area (Å²) in [5.74, 6) is 0.592. The van der Waals surface area contributed by atoms with Gasteiger partial charge in [-0.3, -0.25) is 9.89 Å². The number of nitrogens with zero attached hydrogens (tertiary/aromatic N) is 2. The molecule has 0 atom stereocenters. The predicted octanol–water partition coefficient (Wildman–Crippen LogP) is 3.21. The number of aryl methyl sites for hydroxylation is 2. The van der Waals surface area contributed by atoms with Gasteiger partial charge in [0.25, 0.3) is 5.91 Å². The minimum atomic E-state index is -0.470. The Balaban J connectivity index is 1.61. The highest BCUT2D eigenvalue weighted by atomic mass is 19.1. The molecule has 0 unspecified atom stereocenters. The van der Waals surface area contributed by atoms with Crippen LogP contribution in [0.3, 0.4) is 0 Å². The normalized spacial score (nSPS) is 10.7. The fourth-order valence-electron chi connectivity index (χ4n) is 2.71. The summed E-state index contributed by atoms with van der Waals surface area (Å²) in [6.07, 6.45) is 0.488. The Morgan fingerprint density at radius 1 is 1.22 bits per heavy atom. The van der Waals surface area contributed by atoms with Crippen LogP contribution in [0.5, 0.6) is 5.75 Å². The molecule has 6 nitrogen and oxygen atoms in total. The Hall–Kier alpha value is -3.22. The third-order valence-corrected chi connectivity index (χ3v) is 4.23. The Morgan fingerprint density at radius 2 is 2.04 bits per heavy atom. The van der Waals surface area contributed by atoms with Crippen molar-refractivity contribution in [3.8, 4) is 17.1 Å². The SMILES string of the molecule is COc1ccc(-c2n[nH]c(CCNC(=O)c3cc(C)ccc3C)n2)cc1F. The largest absolute Gasteiger partial charge is 0.494 e. The standard InChI is InChI=1S/C20H21FN4O2/c1-12-4-5-13(2)15(10-12)20(26)22-9-8-18-23-19(25-24-18)14-6-7-17(27-3)16(21)11-14/h4-7,10-11H,8-9H2,1-3H3,(H,22,26)(H,23,24,25). The minimum absolute atomic E-state index is 0.117. The summed E-state index contributed by atoms with van der Waals surface area (Å²) in [4.78, 5) is 16.7. The first kappa shape index (κ1) is 18.6. The lowest BCUT2D eigenvalue weighted by molar-refractivity contribution is 0.0953. The summed E-state index contributed by atoms with van der Waals surface area (Å²) < 4.78 is 18.7.